The largest absolute Gasteiger partial charge is 0.339 e. The molecule has 0 radical (unpaired) electrons. The zero-order chi connectivity index (χ0) is 10.6. The fourth-order valence-corrected chi connectivity index (χ4v) is 1.80. The Kier molecular flexibility index (Phi) is 3.83. The molecule has 1 rings (SSSR count). The van der Waals surface area contributed by atoms with Crippen molar-refractivity contribution in [2.75, 3.05) is 13.6 Å². The maximum absolute atomic E-state index is 11.2. The molecule has 3 nitrogen and oxygen atoms in total. The molecule has 0 aromatic carbocycles. The Hall–Kier alpha value is -1.16. The van der Waals surface area contributed by atoms with Gasteiger partial charge in [-0.3, -0.25) is 9.59 Å². The van der Waals surface area contributed by atoms with Crippen molar-refractivity contribution < 1.29 is 9.59 Å². The van der Waals surface area contributed by atoms with Gasteiger partial charge >= 0.3 is 0 Å². The van der Waals surface area contributed by atoms with Crippen molar-refractivity contribution >= 4 is 23.0 Å². The highest BCUT2D eigenvalue weighted by atomic mass is 32.1. The van der Waals surface area contributed by atoms with Crippen molar-refractivity contribution in [3.8, 4) is 0 Å². The molecule has 0 spiro atoms. The van der Waals surface area contributed by atoms with Crippen LogP contribution in [0.2, 0.25) is 0 Å². The number of ketones is 1. The van der Waals surface area contributed by atoms with E-state index >= 15 is 0 Å². The van der Waals surface area contributed by atoms with Gasteiger partial charge in [0.1, 0.15) is 0 Å². The number of hydrogen-bond donors (Lipinski definition) is 0. The Morgan fingerprint density at radius 3 is 2.71 bits per heavy atom. The lowest BCUT2D eigenvalue weighted by Crippen LogP contribution is -2.33. The van der Waals surface area contributed by atoms with Crippen molar-refractivity contribution in [1.29, 1.82) is 0 Å². The topological polar surface area (TPSA) is 37.4 Å². The lowest BCUT2D eigenvalue weighted by atomic mass is 10.3. The van der Waals surface area contributed by atoms with Gasteiger partial charge in [0, 0.05) is 25.4 Å². The molecule has 4 heteroatoms. The van der Waals surface area contributed by atoms with Gasteiger partial charge in [-0.25, -0.2) is 0 Å². The summed E-state index contributed by atoms with van der Waals surface area (Å²) >= 11 is 1.66. The minimum atomic E-state index is -0.415. The van der Waals surface area contributed by atoms with Crippen LogP contribution in [0.1, 0.15) is 11.8 Å². The number of rotatable bonds is 4. The van der Waals surface area contributed by atoms with Crippen LogP contribution < -0.4 is 0 Å². The molecule has 1 aromatic rings. The molecular weight excluding hydrogens is 198 g/mol. The third-order valence-corrected chi connectivity index (χ3v) is 2.86. The summed E-state index contributed by atoms with van der Waals surface area (Å²) in [7, 11) is 1.65. The highest BCUT2D eigenvalue weighted by Crippen LogP contribution is 2.09. The third-order valence-electron chi connectivity index (χ3n) is 1.92. The quantitative estimate of drug-likeness (QED) is 0.705. The lowest BCUT2D eigenvalue weighted by Gasteiger charge is -2.14. The number of Topliss-reactive ketones (excluding diaryl/α,β-unsaturated/α-hetero) is 1. The van der Waals surface area contributed by atoms with Crippen LogP contribution in [0.4, 0.5) is 0 Å². The van der Waals surface area contributed by atoms with Gasteiger partial charge in [0.25, 0.3) is 5.91 Å². The maximum atomic E-state index is 11.2. The average Bonchev–Trinajstić information content (AvgIpc) is 2.65. The summed E-state index contributed by atoms with van der Waals surface area (Å²) in [6.07, 6.45) is 0.813. The van der Waals surface area contributed by atoms with Crippen LogP contribution in [0, 0.1) is 0 Å². The minimum Gasteiger partial charge on any atom is -0.339 e. The molecule has 0 aliphatic carbocycles. The number of hydrogen-bond acceptors (Lipinski definition) is 3. The second kappa shape index (κ2) is 4.91. The number of thiophene rings is 1. The summed E-state index contributed by atoms with van der Waals surface area (Å²) in [6.45, 7) is 1.89. The summed E-state index contributed by atoms with van der Waals surface area (Å²) in [5, 5.41) is 2.00. The Labute approximate surface area is 87.3 Å². The molecule has 0 unspecified atom stereocenters. The third kappa shape index (κ3) is 2.96. The van der Waals surface area contributed by atoms with Crippen LogP contribution in [0.3, 0.4) is 0 Å². The molecule has 0 bridgehead atoms. The Morgan fingerprint density at radius 2 is 2.21 bits per heavy atom. The monoisotopic (exact) mass is 211 g/mol. The summed E-state index contributed by atoms with van der Waals surface area (Å²) in [5.74, 6) is -0.819. The standard InChI is InChI=1S/C10H13NO2S/c1-8(12)10(13)11(2)6-5-9-4-3-7-14-9/h3-4,7H,5-6H2,1-2H3. The van der Waals surface area contributed by atoms with Gasteiger partial charge in [-0.05, 0) is 17.9 Å². The molecule has 0 atom stereocenters. The molecule has 0 N–H and O–H groups in total. The summed E-state index contributed by atoms with van der Waals surface area (Å²) in [6, 6.07) is 4.00. The van der Waals surface area contributed by atoms with Crippen molar-refractivity contribution in [2.45, 2.75) is 13.3 Å². The van der Waals surface area contributed by atoms with E-state index in [1.165, 1.54) is 16.7 Å². The predicted octanol–water partition coefficient (Wildman–Crippen LogP) is 1.34. The molecular formula is C10H13NO2S. The van der Waals surface area contributed by atoms with Gasteiger partial charge in [-0.15, -0.1) is 11.3 Å². The average molecular weight is 211 g/mol. The van der Waals surface area contributed by atoms with Gasteiger partial charge in [-0.2, -0.15) is 0 Å². The summed E-state index contributed by atoms with van der Waals surface area (Å²) < 4.78 is 0. The van der Waals surface area contributed by atoms with Crippen LogP contribution in [0.15, 0.2) is 17.5 Å². The fraction of sp³-hybridized carbons (Fsp3) is 0.400. The van der Waals surface area contributed by atoms with Gasteiger partial charge < -0.3 is 4.90 Å². The maximum Gasteiger partial charge on any atom is 0.289 e. The number of amides is 1. The van der Waals surface area contributed by atoms with E-state index in [0.717, 1.165) is 6.42 Å². The molecule has 1 heterocycles. The number of carbonyl (C=O) groups is 2. The molecule has 1 amide bonds. The fourth-order valence-electron chi connectivity index (χ4n) is 1.10. The van der Waals surface area contributed by atoms with Crippen molar-refractivity contribution in [2.24, 2.45) is 0 Å². The van der Waals surface area contributed by atoms with Crippen LogP contribution in [-0.2, 0) is 16.0 Å². The van der Waals surface area contributed by atoms with Crippen LogP contribution >= 0.6 is 11.3 Å². The van der Waals surface area contributed by atoms with E-state index in [0.29, 0.717) is 6.54 Å². The van der Waals surface area contributed by atoms with Crippen molar-refractivity contribution in [3.05, 3.63) is 22.4 Å². The number of nitrogens with zero attached hydrogens (tertiary/aromatic N) is 1. The van der Waals surface area contributed by atoms with Gasteiger partial charge in [0.2, 0.25) is 5.78 Å². The summed E-state index contributed by atoms with van der Waals surface area (Å²) in [5.41, 5.74) is 0. The molecule has 0 fully saturated rings. The van der Waals surface area contributed by atoms with Gasteiger partial charge in [0.05, 0.1) is 0 Å². The van der Waals surface area contributed by atoms with E-state index < -0.39 is 11.7 Å². The van der Waals surface area contributed by atoms with Crippen LogP contribution in [-0.4, -0.2) is 30.2 Å². The van der Waals surface area contributed by atoms with E-state index in [9.17, 15) is 9.59 Å². The first-order valence-electron chi connectivity index (χ1n) is 4.39. The number of likely N-dealkylation sites (N-methyl/N-ethyl adjacent to an activating group) is 1. The molecule has 1 aromatic heterocycles. The van der Waals surface area contributed by atoms with E-state index in [1.54, 1.807) is 18.4 Å². The molecule has 76 valence electrons. The van der Waals surface area contributed by atoms with E-state index in [1.807, 2.05) is 17.5 Å². The smallest absolute Gasteiger partial charge is 0.289 e. The highest BCUT2D eigenvalue weighted by molar-refractivity contribution is 7.09. The first kappa shape index (κ1) is 10.9. The first-order valence-corrected chi connectivity index (χ1v) is 5.27. The first-order chi connectivity index (χ1) is 6.61. The molecule has 0 aliphatic heterocycles. The van der Waals surface area contributed by atoms with Crippen molar-refractivity contribution in [3.63, 3.8) is 0 Å². The van der Waals surface area contributed by atoms with Crippen molar-refractivity contribution in [1.82, 2.24) is 4.90 Å². The molecule has 0 saturated carbocycles. The van der Waals surface area contributed by atoms with Gasteiger partial charge in [-0.1, -0.05) is 6.07 Å². The second-order valence-electron chi connectivity index (χ2n) is 3.11. The Bertz CT molecular complexity index is 319. The Balaban J connectivity index is 2.38. The van der Waals surface area contributed by atoms with Crippen LogP contribution in [0.25, 0.3) is 0 Å². The summed E-state index contributed by atoms with van der Waals surface area (Å²) in [4.78, 5) is 24.6. The predicted molar refractivity (Wildman–Crippen MR) is 56.3 cm³/mol. The minimum absolute atomic E-state index is 0.404. The van der Waals surface area contributed by atoms with E-state index in [2.05, 4.69) is 0 Å². The van der Waals surface area contributed by atoms with E-state index in [-0.39, 0.29) is 0 Å². The van der Waals surface area contributed by atoms with Crippen LogP contribution in [0.5, 0.6) is 0 Å². The zero-order valence-corrected chi connectivity index (χ0v) is 9.13. The SMILES string of the molecule is CC(=O)C(=O)N(C)CCc1cccs1. The normalized spacial score (nSPS) is 9.86. The second-order valence-corrected chi connectivity index (χ2v) is 4.14. The van der Waals surface area contributed by atoms with E-state index in [4.69, 9.17) is 0 Å². The molecule has 14 heavy (non-hydrogen) atoms. The highest BCUT2D eigenvalue weighted by Gasteiger charge is 2.12. The molecule has 0 saturated heterocycles. The molecule has 0 aliphatic rings. The number of carbonyl (C=O) groups excluding carboxylic acids is 2. The zero-order valence-electron chi connectivity index (χ0n) is 8.32. The van der Waals surface area contributed by atoms with Gasteiger partial charge in [0.15, 0.2) is 0 Å². The Morgan fingerprint density at radius 1 is 1.50 bits per heavy atom. The lowest BCUT2D eigenvalue weighted by molar-refractivity contribution is -0.142.